The van der Waals surface area contributed by atoms with Crippen LogP contribution in [-0.4, -0.2) is 10.3 Å². The minimum Gasteiger partial charge on any atom is -0.315 e. The molecule has 1 heterocycles. The van der Waals surface area contributed by atoms with Gasteiger partial charge in [0.15, 0.2) is 0 Å². The summed E-state index contributed by atoms with van der Waals surface area (Å²) in [5.74, 6) is -0.0796. The van der Waals surface area contributed by atoms with Gasteiger partial charge in [0.25, 0.3) is 0 Å². The van der Waals surface area contributed by atoms with Crippen molar-refractivity contribution in [1.82, 2.24) is 4.37 Å². The van der Waals surface area contributed by atoms with Gasteiger partial charge in [-0.05, 0) is 18.5 Å². The Kier molecular flexibility index (Phi) is 3.27. The highest BCUT2D eigenvalue weighted by Crippen LogP contribution is 2.29. The largest absolute Gasteiger partial charge is 0.315 e. The number of nitrogens with zero attached hydrogens (tertiary/aromatic N) is 1. The molecule has 1 amide bonds. The summed E-state index contributed by atoms with van der Waals surface area (Å²) in [5.41, 5.74) is 0.755. The summed E-state index contributed by atoms with van der Waals surface area (Å²) in [6.07, 6.45) is 0. The maximum atomic E-state index is 11.3. The molecule has 0 aliphatic carbocycles. The van der Waals surface area contributed by atoms with Gasteiger partial charge in [0.2, 0.25) is 5.91 Å². The van der Waals surface area contributed by atoms with Crippen LogP contribution in [0.1, 0.15) is 19.5 Å². The molecule has 1 aromatic heterocycles. The molecule has 1 N–H and O–H groups in total. The smallest absolute Gasteiger partial charge is 0.227 e. The minimum absolute atomic E-state index is 0.0365. The van der Waals surface area contributed by atoms with Crippen LogP contribution in [0.2, 0.25) is 5.02 Å². The predicted molar refractivity (Wildman–Crippen MR) is 55.3 cm³/mol. The lowest BCUT2D eigenvalue weighted by molar-refractivity contribution is -0.118. The highest BCUT2D eigenvalue weighted by atomic mass is 35.5. The van der Waals surface area contributed by atoms with Crippen LogP contribution in [0.25, 0.3) is 0 Å². The van der Waals surface area contributed by atoms with Crippen LogP contribution in [0.4, 0.5) is 5.00 Å². The van der Waals surface area contributed by atoms with Gasteiger partial charge in [0.05, 0.1) is 10.7 Å². The summed E-state index contributed by atoms with van der Waals surface area (Å²) in [6.45, 7) is 5.47. The van der Waals surface area contributed by atoms with E-state index in [1.807, 2.05) is 20.8 Å². The first kappa shape index (κ1) is 10.5. The Hall–Kier alpha value is -0.610. The Bertz CT molecular complexity index is 322. The number of amides is 1. The quantitative estimate of drug-likeness (QED) is 0.830. The number of halogens is 1. The number of hydrogen-bond donors (Lipinski definition) is 1. The molecule has 0 unspecified atom stereocenters. The van der Waals surface area contributed by atoms with Crippen molar-refractivity contribution in [3.8, 4) is 0 Å². The van der Waals surface area contributed by atoms with Crippen molar-refractivity contribution in [2.45, 2.75) is 20.8 Å². The van der Waals surface area contributed by atoms with Crippen molar-refractivity contribution < 1.29 is 4.79 Å². The molecule has 0 aliphatic rings. The number of anilines is 1. The van der Waals surface area contributed by atoms with Crippen LogP contribution in [0.3, 0.4) is 0 Å². The number of nitrogens with one attached hydrogen (secondary N) is 1. The number of aromatic nitrogens is 1. The summed E-state index contributed by atoms with van der Waals surface area (Å²) in [4.78, 5) is 11.3. The lowest BCUT2D eigenvalue weighted by atomic mass is 10.2. The molecule has 0 fully saturated rings. The molecular formula is C8H11ClN2OS. The molecule has 0 spiro atoms. The molecule has 5 heteroatoms. The fraction of sp³-hybridized carbons (Fsp3) is 0.500. The molecule has 0 saturated carbocycles. The van der Waals surface area contributed by atoms with E-state index in [4.69, 9.17) is 11.6 Å². The lowest BCUT2D eigenvalue weighted by Crippen LogP contribution is -2.17. The number of hydrogen-bond acceptors (Lipinski definition) is 3. The zero-order chi connectivity index (χ0) is 10.0. The van der Waals surface area contributed by atoms with E-state index in [-0.39, 0.29) is 11.8 Å². The van der Waals surface area contributed by atoms with E-state index in [1.165, 1.54) is 11.5 Å². The zero-order valence-corrected chi connectivity index (χ0v) is 9.29. The zero-order valence-electron chi connectivity index (χ0n) is 7.72. The average Bonchev–Trinajstić information content (AvgIpc) is 2.36. The van der Waals surface area contributed by atoms with Gasteiger partial charge in [0, 0.05) is 5.92 Å². The second-order valence-corrected chi connectivity index (χ2v) is 4.21. The van der Waals surface area contributed by atoms with Crippen LogP contribution in [0.5, 0.6) is 0 Å². The van der Waals surface area contributed by atoms with Gasteiger partial charge < -0.3 is 5.32 Å². The van der Waals surface area contributed by atoms with Gasteiger partial charge in [0.1, 0.15) is 5.00 Å². The normalized spacial score (nSPS) is 10.5. The van der Waals surface area contributed by atoms with Crippen LogP contribution in [0, 0.1) is 12.8 Å². The molecule has 0 saturated heterocycles. The summed E-state index contributed by atoms with van der Waals surface area (Å²) < 4.78 is 4.02. The van der Waals surface area contributed by atoms with E-state index in [0.29, 0.717) is 10.0 Å². The summed E-state index contributed by atoms with van der Waals surface area (Å²) in [6, 6.07) is 0. The fourth-order valence-corrected chi connectivity index (χ4v) is 1.63. The van der Waals surface area contributed by atoms with Crippen molar-refractivity contribution in [2.75, 3.05) is 5.32 Å². The van der Waals surface area contributed by atoms with Gasteiger partial charge >= 0.3 is 0 Å². The number of aryl methyl sites for hydroxylation is 1. The van der Waals surface area contributed by atoms with Gasteiger partial charge in [-0.25, -0.2) is 0 Å². The Labute approximate surface area is 86.3 Å². The Morgan fingerprint density at radius 3 is 2.62 bits per heavy atom. The minimum atomic E-state index is -0.0431. The first-order valence-corrected chi connectivity index (χ1v) is 5.10. The second kappa shape index (κ2) is 4.07. The lowest BCUT2D eigenvalue weighted by Gasteiger charge is -2.04. The van der Waals surface area contributed by atoms with Gasteiger partial charge in [-0.3, -0.25) is 4.79 Å². The topological polar surface area (TPSA) is 42.0 Å². The third-order valence-electron chi connectivity index (χ3n) is 1.55. The van der Waals surface area contributed by atoms with Gasteiger partial charge in [-0.15, -0.1) is 0 Å². The maximum absolute atomic E-state index is 11.3. The van der Waals surface area contributed by atoms with Crippen LogP contribution in [-0.2, 0) is 4.79 Å². The van der Waals surface area contributed by atoms with Crippen LogP contribution < -0.4 is 5.32 Å². The Morgan fingerprint density at radius 2 is 2.23 bits per heavy atom. The highest BCUT2D eigenvalue weighted by Gasteiger charge is 2.13. The third-order valence-corrected chi connectivity index (χ3v) is 2.98. The Balaban J connectivity index is 2.75. The third kappa shape index (κ3) is 2.42. The fourth-order valence-electron chi connectivity index (χ4n) is 0.692. The van der Waals surface area contributed by atoms with Crippen molar-refractivity contribution >= 4 is 34.0 Å². The Morgan fingerprint density at radius 1 is 1.62 bits per heavy atom. The van der Waals surface area contributed by atoms with Crippen molar-refractivity contribution in [3.05, 3.63) is 10.7 Å². The molecular weight excluding hydrogens is 208 g/mol. The van der Waals surface area contributed by atoms with Crippen molar-refractivity contribution in [3.63, 3.8) is 0 Å². The molecule has 0 radical (unpaired) electrons. The highest BCUT2D eigenvalue weighted by molar-refractivity contribution is 7.11. The van der Waals surface area contributed by atoms with E-state index in [2.05, 4.69) is 9.69 Å². The molecule has 1 rings (SSSR count). The molecule has 0 bridgehead atoms. The number of carbonyl (C=O) groups is 1. The summed E-state index contributed by atoms with van der Waals surface area (Å²) >= 11 is 7.10. The van der Waals surface area contributed by atoms with Crippen molar-refractivity contribution in [2.24, 2.45) is 5.92 Å². The first-order chi connectivity index (χ1) is 6.02. The SMILES string of the molecule is Cc1nsc(NC(=O)C(C)C)c1Cl. The average molecular weight is 219 g/mol. The van der Waals surface area contributed by atoms with Gasteiger partial charge in [-0.1, -0.05) is 25.4 Å². The van der Waals surface area contributed by atoms with E-state index in [9.17, 15) is 4.79 Å². The number of carbonyl (C=O) groups excluding carboxylic acids is 1. The standard InChI is InChI=1S/C8H11ClN2OS/c1-4(2)7(12)10-8-6(9)5(3)11-13-8/h4H,1-3H3,(H,10,12). The molecule has 3 nitrogen and oxygen atoms in total. The summed E-state index contributed by atoms with van der Waals surface area (Å²) in [5, 5.41) is 3.89. The second-order valence-electron chi connectivity index (χ2n) is 3.06. The first-order valence-electron chi connectivity index (χ1n) is 3.95. The monoisotopic (exact) mass is 218 g/mol. The number of rotatable bonds is 2. The van der Waals surface area contributed by atoms with E-state index in [1.54, 1.807) is 0 Å². The maximum Gasteiger partial charge on any atom is 0.227 e. The van der Waals surface area contributed by atoms with Crippen molar-refractivity contribution in [1.29, 1.82) is 0 Å². The van der Waals surface area contributed by atoms with Crippen LogP contribution in [0.15, 0.2) is 0 Å². The molecule has 0 aromatic carbocycles. The molecule has 1 aromatic rings. The molecule has 13 heavy (non-hydrogen) atoms. The van der Waals surface area contributed by atoms with Gasteiger partial charge in [-0.2, -0.15) is 4.37 Å². The summed E-state index contributed by atoms with van der Waals surface area (Å²) in [7, 11) is 0. The molecule has 72 valence electrons. The van der Waals surface area contributed by atoms with Crippen LogP contribution >= 0.6 is 23.1 Å². The molecule has 0 atom stereocenters. The predicted octanol–water partition coefficient (Wildman–Crippen LogP) is 2.70. The van der Waals surface area contributed by atoms with E-state index < -0.39 is 0 Å². The van der Waals surface area contributed by atoms with E-state index in [0.717, 1.165) is 5.69 Å². The van der Waals surface area contributed by atoms with E-state index >= 15 is 0 Å². The molecule has 0 aliphatic heterocycles.